The zero-order valence-corrected chi connectivity index (χ0v) is 10.2. The van der Waals surface area contributed by atoms with Crippen LogP contribution < -0.4 is 5.73 Å². The van der Waals surface area contributed by atoms with Crippen molar-refractivity contribution in [2.75, 3.05) is 19.6 Å². The van der Waals surface area contributed by atoms with Gasteiger partial charge >= 0.3 is 0 Å². The van der Waals surface area contributed by atoms with E-state index in [1.54, 1.807) is 0 Å². The van der Waals surface area contributed by atoms with Crippen LogP contribution in [0.2, 0.25) is 0 Å². The van der Waals surface area contributed by atoms with Gasteiger partial charge in [-0.3, -0.25) is 0 Å². The van der Waals surface area contributed by atoms with Gasteiger partial charge in [-0.25, -0.2) is 0 Å². The maximum absolute atomic E-state index is 6.30. The van der Waals surface area contributed by atoms with E-state index in [9.17, 15) is 0 Å². The molecule has 2 aliphatic rings. The highest BCUT2D eigenvalue weighted by Crippen LogP contribution is 2.46. The van der Waals surface area contributed by atoms with E-state index in [4.69, 9.17) is 5.73 Å². The van der Waals surface area contributed by atoms with E-state index in [-0.39, 0.29) is 5.54 Å². The van der Waals surface area contributed by atoms with Gasteiger partial charge in [-0.1, -0.05) is 19.8 Å². The Labute approximate surface area is 94.2 Å². The SMILES string of the molecule is CCC1CC1(N)CCCN1CCCCC1. The van der Waals surface area contributed by atoms with Crippen LogP contribution in [0.25, 0.3) is 0 Å². The zero-order valence-electron chi connectivity index (χ0n) is 10.2. The molecule has 2 heteroatoms. The molecule has 2 unspecified atom stereocenters. The van der Waals surface area contributed by atoms with Crippen LogP contribution in [0.5, 0.6) is 0 Å². The van der Waals surface area contributed by atoms with Crippen LogP contribution in [0, 0.1) is 5.92 Å². The first-order valence-corrected chi connectivity index (χ1v) is 6.76. The molecule has 1 saturated carbocycles. The smallest absolute Gasteiger partial charge is 0.0187 e. The van der Waals surface area contributed by atoms with E-state index in [1.807, 2.05) is 0 Å². The predicted molar refractivity (Wildman–Crippen MR) is 64.8 cm³/mol. The minimum absolute atomic E-state index is 0.241. The predicted octanol–water partition coefficient (Wildman–Crippen LogP) is 2.38. The average Bonchev–Trinajstić information content (AvgIpc) is 2.91. The summed E-state index contributed by atoms with van der Waals surface area (Å²) < 4.78 is 0. The van der Waals surface area contributed by atoms with Crippen molar-refractivity contribution in [3.8, 4) is 0 Å². The number of nitrogens with zero attached hydrogens (tertiary/aromatic N) is 1. The summed E-state index contributed by atoms with van der Waals surface area (Å²) in [4.78, 5) is 2.62. The number of likely N-dealkylation sites (tertiary alicyclic amines) is 1. The molecule has 0 aromatic rings. The quantitative estimate of drug-likeness (QED) is 0.755. The molecule has 2 fully saturated rings. The number of hydrogen-bond acceptors (Lipinski definition) is 2. The molecule has 0 aromatic heterocycles. The summed E-state index contributed by atoms with van der Waals surface area (Å²) in [7, 11) is 0. The van der Waals surface area contributed by atoms with Crippen LogP contribution in [0.3, 0.4) is 0 Å². The lowest BCUT2D eigenvalue weighted by Gasteiger charge is -2.26. The lowest BCUT2D eigenvalue weighted by Crippen LogP contribution is -2.32. The molecule has 2 atom stereocenters. The van der Waals surface area contributed by atoms with E-state index in [0.29, 0.717) is 0 Å². The van der Waals surface area contributed by atoms with Crippen molar-refractivity contribution < 1.29 is 0 Å². The van der Waals surface area contributed by atoms with Crippen molar-refractivity contribution in [1.82, 2.24) is 4.90 Å². The topological polar surface area (TPSA) is 29.3 Å². The van der Waals surface area contributed by atoms with Crippen LogP contribution >= 0.6 is 0 Å². The minimum Gasteiger partial charge on any atom is -0.325 e. The van der Waals surface area contributed by atoms with Crippen molar-refractivity contribution in [3.05, 3.63) is 0 Å². The average molecular weight is 210 g/mol. The van der Waals surface area contributed by atoms with Crippen molar-refractivity contribution >= 4 is 0 Å². The molecule has 2 nitrogen and oxygen atoms in total. The van der Waals surface area contributed by atoms with E-state index in [0.717, 1.165) is 5.92 Å². The van der Waals surface area contributed by atoms with E-state index in [1.165, 1.54) is 64.6 Å². The fourth-order valence-corrected chi connectivity index (χ4v) is 3.07. The molecule has 1 aliphatic heterocycles. The zero-order chi connectivity index (χ0) is 10.7. The van der Waals surface area contributed by atoms with Crippen LogP contribution in [0.1, 0.15) is 51.9 Å². The molecule has 0 aromatic carbocycles. The van der Waals surface area contributed by atoms with Crippen LogP contribution in [0.15, 0.2) is 0 Å². The maximum Gasteiger partial charge on any atom is 0.0187 e. The Morgan fingerprint density at radius 1 is 1.27 bits per heavy atom. The Hall–Kier alpha value is -0.0800. The normalized spacial score (nSPS) is 36.8. The molecule has 88 valence electrons. The summed E-state index contributed by atoms with van der Waals surface area (Å²) in [6, 6.07) is 0. The first-order chi connectivity index (χ1) is 7.24. The third-order valence-electron chi connectivity index (χ3n) is 4.34. The van der Waals surface area contributed by atoms with Gasteiger partial charge in [-0.15, -0.1) is 0 Å². The largest absolute Gasteiger partial charge is 0.325 e. The number of rotatable bonds is 5. The highest BCUT2D eigenvalue weighted by molar-refractivity contribution is 5.06. The van der Waals surface area contributed by atoms with Gasteiger partial charge in [-0.05, 0) is 57.7 Å². The van der Waals surface area contributed by atoms with Gasteiger partial charge in [-0.2, -0.15) is 0 Å². The van der Waals surface area contributed by atoms with Gasteiger partial charge < -0.3 is 10.6 Å². The highest BCUT2D eigenvalue weighted by Gasteiger charge is 2.48. The van der Waals surface area contributed by atoms with Gasteiger partial charge in [0.2, 0.25) is 0 Å². The maximum atomic E-state index is 6.30. The molecule has 0 radical (unpaired) electrons. The third kappa shape index (κ3) is 2.94. The van der Waals surface area contributed by atoms with Crippen LogP contribution in [-0.2, 0) is 0 Å². The molecule has 1 heterocycles. The number of nitrogens with two attached hydrogens (primary N) is 1. The molecule has 0 spiro atoms. The standard InChI is InChI=1S/C13H26N2/c1-2-12-11-13(12,14)7-6-10-15-8-4-3-5-9-15/h12H,2-11,14H2,1H3. The second-order valence-corrected chi connectivity index (χ2v) is 5.55. The van der Waals surface area contributed by atoms with E-state index in [2.05, 4.69) is 11.8 Å². The fraction of sp³-hybridized carbons (Fsp3) is 1.00. The number of hydrogen-bond donors (Lipinski definition) is 1. The molecule has 0 amide bonds. The molecular weight excluding hydrogens is 184 g/mol. The summed E-state index contributed by atoms with van der Waals surface area (Å²) in [6.45, 7) is 6.21. The first-order valence-electron chi connectivity index (χ1n) is 6.76. The van der Waals surface area contributed by atoms with Gasteiger partial charge in [0, 0.05) is 5.54 Å². The summed E-state index contributed by atoms with van der Waals surface area (Å²) in [5, 5.41) is 0. The fourth-order valence-electron chi connectivity index (χ4n) is 3.07. The van der Waals surface area contributed by atoms with Gasteiger partial charge in [0.25, 0.3) is 0 Å². The monoisotopic (exact) mass is 210 g/mol. The third-order valence-corrected chi connectivity index (χ3v) is 4.34. The molecule has 2 N–H and O–H groups in total. The van der Waals surface area contributed by atoms with Crippen molar-refractivity contribution in [2.45, 2.75) is 57.4 Å². The summed E-state index contributed by atoms with van der Waals surface area (Å²) in [6.07, 6.45) is 9.38. The first kappa shape index (κ1) is 11.4. The second kappa shape index (κ2) is 4.84. The Bertz CT molecular complexity index is 199. The highest BCUT2D eigenvalue weighted by atomic mass is 15.1. The van der Waals surface area contributed by atoms with Crippen LogP contribution in [0.4, 0.5) is 0 Å². The molecular formula is C13H26N2. The summed E-state index contributed by atoms with van der Waals surface area (Å²) in [5.74, 6) is 0.832. The minimum atomic E-state index is 0.241. The van der Waals surface area contributed by atoms with Crippen molar-refractivity contribution in [1.29, 1.82) is 0 Å². The summed E-state index contributed by atoms with van der Waals surface area (Å²) in [5.41, 5.74) is 6.54. The van der Waals surface area contributed by atoms with Crippen molar-refractivity contribution in [3.63, 3.8) is 0 Å². The number of piperidine rings is 1. The second-order valence-electron chi connectivity index (χ2n) is 5.55. The molecule has 1 aliphatic carbocycles. The Kier molecular flexibility index (Phi) is 3.68. The Morgan fingerprint density at radius 3 is 2.60 bits per heavy atom. The summed E-state index contributed by atoms with van der Waals surface area (Å²) >= 11 is 0. The van der Waals surface area contributed by atoms with E-state index < -0.39 is 0 Å². The van der Waals surface area contributed by atoms with Crippen LogP contribution in [-0.4, -0.2) is 30.1 Å². The molecule has 0 bridgehead atoms. The lowest BCUT2D eigenvalue weighted by molar-refractivity contribution is 0.221. The van der Waals surface area contributed by atoms with Gasteiger partial charge in [0.1, 0.15) is 0 Å². The van der Waals surface area contributed by atoms with Gasteiger partial charge in [0.15, 0.2) is 0 Å². The molecule has 2 rings (SSSR count). The molecule has 15 heavy (non-hydrogen) atoms. The lowest BCUT2D eigenvalue weighted by atomic mass is 10.1. The Balaban J connectivity index is 1.58. The van der Waals surface area contributed by atoms with Crippen molar-refractivity contribution in [2.24, 2.45) is 11.7 Å². The Morgan fingerprint density at radius 2 is 2.00 bits per heavy atom. The van der Waals surface area contributed by atoms with E-state index >= 15 is 0 Å². The van der Waals surface area contributed by atoms with Gasteiger partial charge in [0.05, 0.1) is 0 Å². The molecule has 1 saturated heterocycles.